The first-order valence-electron chi connectivity index (χ1n) is 8.25. The molecule has 3 rings (SSSR count). The van der Waals surface area contributed by atoms with Crippen molar-refractivity contribution in [1.29, 1.82) is 5.26 Å². The van der Waals surface area contributed by atoms with Gasteiger partial charge in [-0.2, -0.15) is 5.26 Å². The number of fused-ring (bicyclic) bond motifs is 1. The monoisotopic (exact) mass is 411 g/mol. The van der Waals surface area contributed by atoms with Gasteiger partial charge >= 0.3 is 5.97 Å². The van der Waals surface area contributed by atoms with Crippen molar-refractivity contribution in [3.8, 4) is 17.6 Å². The van der Waals surface area contributed by atoms with Crippen molar-refractivity contribution in [2.24, 2.45) is 0 Å². The lowest BCUT2D eigenvalue weighted by Crippen LogP contribution is -2.11. The van der Waals surface area contributed by atoms with E-state index in [1.165, 1.54) is 25.3 Å². The average Bonchev–Trinajstić information content (AvgIpc) is 2.72. The maximum atomic E-state index is 12.3. The second-order valence-electron chi connectivity index (χ2n) is 5.80. The molecule has 0 atom stereocenters. The molecule has 29 heavy (non-hydrogen) atoms. The van der Waals surface area contributed by atoms with Gasteiger partial charge in [0.1, 0.15) is 6.07 Å². The summed E-state index contributed by atoms with van der Waals surface area (Å²) in [5.74, 6) is -0.219. The summed E-state index contributed by atoms with van der Waals surface area (Å²) in [6.07, 6.45) is 1.56. The van der Waals surface area contributed by atoms with Crippen LogP contribution in [0.2, 0.25) is 0 Å². The predicted octanol–water partition coefficient (Wildman–Crippen LogP) is 3.27. The summed E-state index contributed by atoms with van der Waals surface area (Å²) >= 11 is 6.33. The number of carbonyl (C=O) groups is 1. The molecular formula is C20H14ClN3O5. The highest BCUT2D eigenvalue weighted by atomic mass is 35.5. The van der Waals surface area contributed by atoms with Crippen LogP contribution in [0, 0.1) is 11.3 Å². The average molecular weight is 412 g/mol. The zero-order valence-corrected chi connectivity index (χ0v) is 15.9. The zero-order valence-electron chi connectivity index (χ0n) is 15.1. The standard InChI is InChI=1S/C20H14ClN3O5/c1-28-17-9-11(2-5-16(17)29-7-6-22)8-14(21)18-23-15-10-12(20(26)27)3-4-13(15)19(25)24-18/h2-5,8-10H,7H2,1H3,(H,26,27)(H,23,24,25). The van der Waals surface area contributed by atoms with E-state index in [1.807, 2.05) is 6.07 Å². The number of hydrogen-bond acceptors (Lipinski definition) is 6. The number of ether oxygens (including phenoxy) is 2. The first-order valence-corrected chi connectivity index (χ1v) is 8.63. The fourth-order valence-electron chi connectivity index (χ4n) is 2.60. The number of methoxy groups -OCH3 is 1. The summed E-state index contributed by atoms with van der Waals surface area (Å²) in [6.45, 7) is -0.118. The molecule has 0 aliphatic carbocycles. The molecular weight excluding hydrogens is 398 g/mol. The van der Waals surface area contributed by atoms with Crippen LogP contribution < -0.4 is 15.0 Å². The Kier molecular flexibility index (Phi) is 5.81. The summed E-state index contributed by atoms with van der Waals surface area (Å²) in [5.41, 5.74) is 0.428. The maximum Gasteiger partial charge on any atom is 0.335 e. The molecule has 0 unspecified atom stereocenters. The lowest BCUT2D eigenvalue weighted by Gasteiger charge is -2.09. The van der Waals surface area contributed by atoms with E-state index in [4.69, 9.17) is 31.4 Å². The number of hydrogen-bond donors (Lipinski definition) is 2. The van der Waals surface area contributed by atoms with E-state index < -0.39 is 11.5 Å². The molecule has 1 heterocycles. The number of nitrogens with zero attached hydrogens (tertiary/aromatic N) is 2. The van der Waals surface area contributed by atoms with Crippen LogP contribution in [-0.4, -0.2) is 34.8 Å². The van der Waals surface area contributed by atoms with Crippen molar-refractivity contribution in [3.05, 3.63) is 63.7 Å². The number of H-pyrrole nitrogens is 1. The third-order valence-corrected chi connectivity index (χ3v) is 4.24. The van der Waals surface area contributed by atoms with Gasteiger partial charge in [-0.3, -0.25) is 4.79 Å². The van der Waals surface area contributed by atoms with Gasteiger partial charge in [-0.15, -0.1) is 0 Å². The fourth-order valence-corrected chi connectivity index (χ4v) is 2.82. The first-order chi connectivity index (χ1) is 13.9. The number of carboxylic acids is 1. The number of aromatic amines is 1. The van der Waals surface area contributed by atoms with Crippen LogP contribution in [0.15, 0.2) is 41.2 Å². The van der Waals surface area contributed by atoms with Gasteiger partial charge in [0.05, 0.1) is 28.6 Å². The van der Waals surface area contributed by atoms with Crippen LogP contribution in [0.3, 0.4) is 0 Å². The third kappa shape index (κ3) is 4.36. The highest BCUT2D eigenvalue weighted by Crippen LogP contribution is 2.30. The molecule has 146 valence electrons. The number of nitrogens with one attached hydrogen (secondary N) is 1. The Balaban J connectivity index is 2.01. The number of aromatic carboxylic acids is 1. The van der Waals surface area contributed by atoms with Crippen LogP contribution in [-0.2, 0) is 0 Å². The number of benzene rings is 2. The molecule has 0 saturated carbocycles. The Morgan fingerprint density at radius 2 is 2.10 bits per heavy atom. The van der Waals surface area contributed by atoms with Gasteiger partial charge < -0.3 is 19.6 Å². The SMILES string of the molecule is COc1cc(C=C(Cl)c2nc3cc(C(=O)O)ccc3c(=O)[nH]2)ccc1OCC#N. The Morgan fingerprint density at radius 1 is 1.31 bits per heavy atom. The first kappa shape index (κ1) is 19.9. The fraction of sp³-hybridized carbons (Fsp3) is 0.100. The molecule has 3 aromatic rings. The number of aromatic nitrogens is 2. The van der Waals surface area contributed by atoms with Gasteiger partial charge in [-0.05, 0) is 42.0 Å². The van der Waals surface area contributed by atoms with E-state index in [2.05, 4.69) is 9.97 Å². The second-order valence-corrected chi connectivity index (χ2v) is 6.21. The molecule has 0 spiro atoms. The van der Waals surface area contributed by atoms with Crippen molar-refractivity contribution in [1.82, 2.24) is 9.97 Å². The van der Waals surface area contributed by atoms with Gasteiger partial charge in [0.25, 0.3) is 5.56 Å². The van der Waals surface area contributed by atoms with Gasteiger partial charge in [0.15, 0.2) is 23.9 Å². The van der Waals surface area contributed by atoms with Crippen LogP contribution in [0.1, 0.15) is 21.7 Å². The predicted molar refractivity (Wildman–Crippen MR) is 107 cm³/mol. The molecule has 8 nitrogen and oxygen atoms in total. The normalized spacial score (nSPS) is 11.1. The van der Waals surface area contributed by atoms with Crippen molar-refractivity contribution in [3.63, 3.8) is 0 Å². The summed E-state index contributed by atoms with van der Waals surface area (Å²) in [5, 5.41) is 18.1. The third-order valence-electron chi connectivity index (χ3n) is 3.95. The molecule has 0 amide bonds. The van der Waals surface area contributed by atoms with Gasteiger partial charge in [0.2, 0.25) is 0 Å². The molecule has 1 aromatic heterocycles. The Bertz CT molecular complexity index is 1230. The quantitative estimate of drug-likeness (QED) is 0.637. The lowest BCUT2D eigenvalue weighted by atomic mass is 10.1. The molecule has 0 radical (unpaired) electrons. The van der Waals surface area contributed by atoms with Crippen LogP contribution in [0.25, 0.3) is 22.0 Å². The Hall–Kier alpha value is -3.83. The number of nitriles is 1. The van der Waals surface area contributed by atoms with Crippen molar-refractivity contribution in [2.45, 2.75) is 0 Å². The number of rotatable bonds is 6. The van der Waals surface area contributed by atoms with E-state index in [-0.39, 0.29) is 33.9 Å². The molecule has 2 aromatic carbocycles. The van der Waals surface area contributed by atoms with Crippen LogP contribution >= 0.6 is 11.6 Å². The second kappa shape index (κ2) is 8.46. The molecule has 0 aliphatic heterocycles. The molecule has 9 heteroatoms. The van der Waals surface area contributed by atoms with E-state index >= 15 is 0 Å². The van der Waals surface area contributed by atoms with E-state index in [1.54, 1.807) is 24.3 Å². The largest absolute Gasteiger partial charge is 0.493 e. The summed E-state index contributed by atoms with van der Waals surface area (Å²) in [4.78, 5) is 30.3. The Labute approximate surface area is 169 Å². The molecule has 0 saturated heterocycles. The van der Waals surface area contributed by atoms with E-state index in [0.717, 1.165) is 0 Å². The Morgan fingerprint density at radius 3 is 2.79 bits per heavy atom. The van der Waals surface area contributed by atoms with Crippen LogP contribution in [0.4, 0.5) is 0 Å². The lowest BCUT2D eigenvalue weighted by molar-refractivity contribution is 0.0697. The molecule has 0 aliphatic rings. The highest BCUT2D eigenvalue weighted by Gasteiger charge is 2.11. The van der Waals surface area contributed by atoms with Crippen molar-refractivity contribution in [2.75, 3.05) is 13.7 Å². The summed E-state index contributed by atoms with van der Waals surface area (Å²) in [6, 6.07) is 10.9. The van der Waals surface area contributed by atoms with Gasteiger partial charge in [0, 0.05) is 0 Å². The molecule has 0 bridgehead atoms. The molecule has 2 N–H and O–H groups in total. The van der Waals surface area contributed by atoms with Crippen LogP contribution in [0.5, 0.6) is 11.5 Å². The minimum Gasteiger partial charge on any atom is -0.493 e. The minimum absolute atomic E-state index is 0.0133. The maximum absolute atomic E-state index is 12.3. The van der Waals surface area contributed by atoms with Gasteiger partial charge in [-0.1, -0.05) is 17.7 Å². The topological polar surface area (TPSA) is 125 Å². The van der Waals surface area contributed by atoms with Crippen molar-refractivity contribution < 1.29 is 19.4 Å². The van der Waals surface area contributed by atoms with E-state index in [0.29, 0.717) is 17.1 Å². The van der Waals surface area contributed by atoms with E-state index in [9.17, 15) is 9.59 Å². The number of carboxylic acid groups (broad SMARTS) is 1. The zero-order chi connectivity index (χ0) is 21.0. The minimum atomic E-state index is -1.12. The van der Waals surface area contributed by atoms with Crippen molar-refractivity contribution >= 4 is 39.6 Å². The summed E-state index contributed by atoms with van der Waals surface area (Å²) in [7, 11) is 1.46. The smallest absolute Gasteiger partial charge is 0.335 e. The number of halogens is 1. The van der Waals surface area contributed by atoms with Gasteiger partial charge in [-0.25, -0.2) is 9.78 Å². The highest BCUT2D eigenvalue weighted by molar-refractivity contribution is 6.50. The summed E-state index contributed by atoms with van der Waals surface area (Å²) < 4.78 is 10.5. The molecule has 0 fully saturated rings.